The fraction of sp³-hybridized carbons (Fsp3) is 0.136. The lowest BCUT2D eigenvalue weighted by molar-refractivity contribution is -0.113. The first kappa shape index (κ1) is 18.5. The highest BCUT2D eigenvalue weighted by atomic mass is 16.5. The molecule has 0 bridgehead atoms. The van der Waals surface area contributed by atoms with E-state index in [0.29, 0.717) is 23.5 Å². The summed E-state index contributed by atoms with van der Waals surface area (Å²) in [6.45, 7) is 2.24. The number of methoxy groups -OCH3 is 1. The van der Waals surface area contributed by atoms with Gasteiger partial charge in [0.2, 0.25) is 5.78 Å². The Kier molecular flexibility index (Phi) is 4.64. The topological polar surface area (TPSA) is 95.3 Å². The summed E-state index contributed by atoms with van der Waals surface area (Å²) in [6, 6.07) is 14.1. The van der Waals surface area contributed by atoms with Crippen molar-refractivity contribution in [1.82, 2.24) is 10.2 Å². The minimum Gasteiger partial charge on any atom is -0.497 e. The number of ketones is 1. The summed E-state index contributed by atoms with van der Waals surface area (Å²) in [4.78, 5) is 40.2. The zero-order valence-electron chi connectivity index (χ0n) is 16.0. The maximum atomic E-state index is 13.1. The predicted molar refractivity (Wildman–Crippen MR) is 109 cm³/mol. The van der Waals surface area contributed by atoms with Crippen molar-refractivity contribution >= 4 is 29.0 Å². The van der Waals surface area contributed by atoms with Crippen LogP contribution in [-0.4, -0.2) is 35.5 Å². The highest BCUT2D eigenvalue weighted by Crippen LogP contribution is 2.29. The van der Waals surface area contributed by atoms with E-state index >= 15 is 0 Å². The molecule has 0 aliphatic carbocycles. The average molecular weight is 389 g/mol. The first-order chi connectivity index (χ1) is 14.0. The average Bonchev–Trinajstić information content (AvgIpc) is 3.09. The zero-order chi connectivity index (χ0) is 20.5. The van der Waals surface area contributed by atoms with Crippen LogP contribution in [0.2, 0.25) is 0 Å². The van der Waals surface area contributed by atoms with Gasteiger partial charge in [-0.05, 0) is 42.8 Å². The number of carbonyl (C=O) groups is 2. The number of hydrogen-bond acceptors (Lipinski definition) is 4. The van der Waals surface area contributed by atoms with E-state index in [4.69, 9.17) is 4.74 Å². The maximum absolute atomic E-state index is 13.1. The quantitative estimate of drug-likeness (QED) is 0.697. The van der Waals surface area contributed by atoms with Crippen LogP contribution >= 0.6 is 0 Å². The van der Waals surface area contributed by atoms with Gasteiger partial charge in [0, 0.05) is 12.1 Å². The largest absolute Gasteiger partial charge is 0.497 e. The number of fused-ring (bicyclic) bond motifs is 1. The van der Waals surface area contributed by atoms with Gasteiger partial charge in [-0.2, -0.15) is 0 Å². The Balaban J connectivity index is 1.99. The lowest BCUT2D eigenvalue weighted by atomic mass is 9.94. The third-order valence-electron chi connectivity index (χ3n) is 4.93. The van der Waals surface area contributed by atoms with E-state index in [2.05, 4.69) is 10.2 Å². The molecule has 2 heterocycles. The lowest BCUT2D eigenvalue weighted by Crippen LogP contribution is -2.45. The second-order valence-corrected chi connectivity index (χ2v) is 6.56. The summed E-state index contributed by atoms with van der Waals surface area (Å²) in [6.07, 6.45) is 1.63. The number of benzene rings is 2. The first-order valence-electron chi connectivity index (χ1n) is 9.17. The second-order valence-electron chi connectivity index (χ2n) is 6.56. The number of carbonyl (C=O) groups excluding carboxylic acids is 2. The van der Waals surface area contributed by atoms with Crippen LogP contribution in [0.5, 0.6) is 5.75 Å². The van der Waals surface area contributed by atoms with E-state index < -0.39 is 17.2 Å². The van der Waals surface area contributed by atoms with E-state index in [-0.39, 0.29) is 16.1 Å². The van der Waals surface area contributed by atoms with Gasteiger partial charge in [-0.1, -0.05) is 24.3 Å². The summed E-state index contributed by atoms with van der Waals surface area (Å²) in [5.74, 6) is -0.154. The van der Waals surface area contributed by atoms with Gasteiger partial charge in [-0.3, -0.25) is 24.6 Å². The summed E-state index contributed by atoms with van der Waals surface area (Å²) >= 11 is 0. The number of para-hydroxylation sites is 1. The highest BCUT2D eigenvalue weighted by molar-refractivity contribution is 6.51. The van der Waals surface area contributed by atoms with Crippen LogP contribution in [0.25, 0.3) is 11.6 Å². The number of nitrogens with zero attached hydrogens (tertiary/aromatic N) is 1. The molecule has 0 saturated heterocycles. The predicted octanol–water partition coefficient (Wildman–Crippen LogP) is 0.941. The third-order valence-corrected chi connectivity index (χ3v) is 4.93. The van der Waals surface area contributed by atoms with Gasteiger partial charge in [-0.15, -0.1) is 0 Å². The minimum absolute atomic E-state index is 0.0522. The molecular formula is C22H19N3O4. The Morgan fingerprint density at radius 3 is 2.41 bits per heavy atom. The number of anilines is 1. The minimum atomic E-state index is -0.434. The standard InChI is InChI=1S/C22H19N3O4/c1-3-25-17-7-5-4-6-15(17)20(26)18(22(25)28)19-16(21(27)24-23-19)12-13-8-10-14(29-2)11-9-13/h4-12,23H,3H2,1-2H3,(H,24,27). The molecule has 0 fully saturated rings. The molecule has 29 heavy (non-hydrogen) atoms. The Bertz CT molecular complexity index is 1280. The molecule has 0 saturated carbocycles. The van der Waals surface area contributed by atoms with Gasteiger partial charge in [-0.25, -0.2) is 0 Å². The van der Waals surface area contributed by atoms with E-state index in [1.165, 1.54) is 4.90 Å². The van der Waals surface area contributed by atoms with Gasteiger partial charge >= 0.3 is 0 Å². The molecule has 0 radical (unpaired) electrons. The molecular weight excluding hydrogens is 370 g/mol. The zero-order valence-corrected chi connectivity index (χ0v) is 16.0. The van der Waals surface area contributed by atoms with Crippen molar-refractivity contribution in [1.29, 1.82) is 0 Å². The molecule has 4 rings (SSSR count). The Morgan fingerprint density at radius 1 is 1.00 bits per heavy atom. The van der Waals surface area contributed by atoms with Crippen molar-refractivity contribution in [2.75, 3.05) is 18.6 Å². The van der Waals surface area contributed by atoms with Gasteiger partial charge in [0.05, 0.1) is 23.4 Å². The number of rotatable bonds is 3. The lowest BCUT2D eigenvalue weighted by Gasteiger charge is -2.28. The van der Waals surface area contributed by atoms with E-state index in [9.17, 15) is 14.4 Å². The summed E-state index contributed by atoms with van der Waals surface area (Å²) in [5.41, 5.74) is 1.28. The second kappa shape index (κ2) is 7.27. The van der Waals surface area contributed by atoms with Crippen LogP contribution in [0, 0.1) is 0 Å². The Morgan fingerprint density at radius 2 is 1.72 bits per heavy atom. The van der Waals surface area contributed by atoms with E-state index in [1.54, 1.807) is 61.7 Å². The number of H-pyrrole nitrogens is 2. The number of ether oxygens (including phenoxy) is 1. The smallest absolute Gasteiger partial charge is 0.271 e. The summed E-state index contributed by atoms with van der Waals surface area (Å²) in [7, 11) is 1.57. The van der Waals surface area contributed by atoms with Gasteiger partial charge < -0.3 is 9.64 Å². The molecule has 1 aliphatic heterocycles. The third kappa shape index (κ3) is 3.06. The molecule has 0 unspecified atom stereocenters. The molecule has 0 spiro atoms. The van der Waals surface area contributed by atoms with E-state index in [0.717, 1.165) is 5.56 Å². The van der Waals surface area contributed by atoms with Crippen LogP contribution in [-0.2, 0) is 4.79 Å². The molecule has 1 aliphatic rings. The van der Waals surface area contributed by atoms with E-state index in [1.807, 2.05) is 6.92 Å². The molecule has 7 nitrogen and oxygen atoms in total. The van der Waals surface area contributed by atoms with Gasteiger partial charge in [0.1, 0.15) is 11.3 Å². The van der Waals surface area contributed by atoms with Crippen LogP contribution in [0.1, 0.15) is 22.8 Å². The van der Waals surface area contributed by atoms with Crippen molar-refractivity contribution in [2.45, 2.75) is 6.92 Å². The van der Waals surface area contributed by atoms with Gasteiger partial charge in [0.15, 0.2) is 0 Å². The summed E-state index contributed by atoms with van der Waals surface area (Å²) < 4.78 is 5.15. The number of Topliss-reactive ketones (excluding diaryl/α,β-unsaturated/α-hetero) is 1. The molecule has 7 heteroatoms. The van der Waals surface area contributed by atoms with Crippen LogP contribution in [0.4, 0.5) is 5.69 Å². The molecule has 3 aromatic rings. The molecule has 1 aromatic heterocycles. The summed E-state index contributed by atoms with van der Waals surface area (Å²) in [5, 5.41) is 5.63. The van der Waals surface area contributed by atoms with Crippen LogP contribution in [0.15, 0.2) is 53.3 Å². The first-order valence-corrected chi connectivity index (χ1v) is 9.17. The van der Waals surface area contributed by atoms with Gasteiger partial charge in [0.25, 0.3) is 11.5 Å². The normalized spacial score (nSPS) is 16.2. The number of aromatic amines is 2. The van der Waals surface area contributed by atoms with Crippen LogP contribution in [0.3, 0.4) is 0 Å². The molecule has 1 amide bonds. The Labute approximate surface area is 165 Å². The number of hydrogen-bond donors (Lipinski definition) is 2. The van der Waals surface area contributed by atoms with Crippen molar-refractivity contribution in [3.8, 4) is 5.75 Å². The number of amides is 1. The Hall–Kier alpha value is -3.87. The van der Waals surface area contributed by atoms with Crippen molar-refractivity contribution in [3.63, 3.8) is 0 Å². The van der Waals surface area contributed by atoms with Crippen molar-refractivity contribution < 1.29 is 14.3 Å². The highest BCUT2D eigenvalue weighted by Gasteiger charge is 2.35. The molecule has 0 atom stereocenters. The fourth-order valence-electron chi connectivity index (χ4n) is 3.48. The molecule has 2 aromatic carbocycles. The SMILES string of the molecule is CCN1C(=O)C(=c2[nH][nH]c(=O)c2=Cc2ccc(OC)cc2)C(=O)c2ccccc21. The van der Waals surface area contributed by atoms with Crippen molar-refractivity contribution in [3.05, 3.63) is 80.6 Å². The molecule has 146 valence electrons. The van der Waals surface area contributed by atoms with Crippen LogP contribution < -0.4 is 25.8 Å². The number of nitrogens with one attached hydrogen (secondary N) is 2. The van der Waals surface area contributed by atoms with Crippen molar-refractivity contribution in [2.24, 2.45) is 0 Å². The number of aromatic nitrogens is 2. The maximum Gasteiger partial charge on any atom is 0.271 e. The molecule has 2 N–H and O–H groups in total. The monoisotopic (exact) mass is 389 g/mol. The fourth-order valence-corrected chi connectivity index (χ4v) is 3.48.